The van der Waals surface area contributed by atoms with Gasteiger partial charge < -0.3 is 4.42 Å². The number of carbonyl (C=O) groups is 1. The molecule has 0 bridgehead atoms. The van der Waals surface area contributed by atoms with E-state index in [4.69, 9.17) is 9.52 Å². The van der Waals surface area contributed by atoms with Crippen molar-refractivity contribution in [2.24, 2.45) is 5.10 Å². The molecule has 0 fully saturated rings. The van der Waals surface area contributed by atoms with E-state index in [1.165, 1.54) is 17.3 Å². The van der Waals surface area contributed by atoms with Crippen LogP contribution in [0.2, 0.25) is 0 Å². The zero-order chi connectivity index (χ0) is 22.6. The third-order valence-electron chi connectivity index (χ3n) is 5.46. The summed E-state index contributed by atoms with van der Waals surface area (Å²) < 4.78 is 5.81. The van der Waals surface area contributed by atoms with Crippen molar-refractivity contribution in [1.29, 1.82) is 0 Å². The summed E-state index contributed by atoms with van der Waals surface area (Å²) in [5, 5.41) is 19.1. The fourth-order valence-corrected chi connectivity index (χ4v) is 5.93. The summed E-state index contributed by atoms with van der Waals surface area (Å²) in [5.41, 5.74) is 2.19. The first-order valence-electron chi connectivity index (χ1n) is 10.6. The monoisotopic (exact) mass is 494 g/mol. The average molecular weight is 495 g/mol. The minimum absolute atomic E-state index is 0.0673. The van der Waals surface area contributed by atoms with Gasteiger partial charge in [0.25, 0.3) is 11.1 Å². The van der Waals surface area contributed by atoms with E-state index >= 15 is 0 Å². The summed E-state index contributed by atoms with van der Waals surface area (Å²) in [5.74, 6) is 0.977. The maximum absolute atomic E-state index is 13.1. The highest BCUT2D eigenvalue weighted by Crippen LogP contribution is 2.36. The smallest absolute Gasteiger partial charge is 0.277 e. The van der Waals surface area contributed by atoms with Crippen LogP contribution in [0.4, 0.5) is 0 Å². The molecular formula is C24H22N4O2S3. The Morgan fingerprint density at radius 2 is 1.94 bits per heavy atom. The Hall–Kier alpha value is -2.75. The first-order valence-corrected chi connectivity index (χ1v) is 13.4. The van der Waals surface area contributed by atoms with Gasteiger partial charge in [-0.2, -0.15) is 5.10 Å². The third-order valence-corrected chi connectivity index (χ3v) is 8.16. The first kappa shape index (κ1) is 22.1. The van der Waals surface area contributed by atoms with Crippen molar-refractivity contribution in [1.82, 2.24) is 15.2 Å². The molecule has 0 aliphatic carbocycles. The van der Waals surface area contributed by atoms with Crippen LogP contribution >= 0.6 is 34.4 Å². The van der Waals surface area contributed by atoms with E-state index in [0.717, 1.165) is 21.9 Å². The van der Waals surface area contributed by atoms with Crippen LogP contribution in [0.15, 0.2) is 80.1 Å². The molecular weight excluding hydrogens is 472 g/mol. The second-order valence-corrected chi connectivity index (χ2v) is 10.6. The van der Waals surface area contributed by atoms with Crippen LogP contribution < -0.4 is 0 Å². The molecule has 1 aliphatic heterocycles. The molecule has 0 saturated heterocycles. The standard InChI is InChI=1S/C24H22N4O2S3/c1-16(17-7-3-2-4-8-17)13-22-25-26-24(30-22)33-15-23(29)28-19(21-10-6-12-32-21)14-18(27-28)20-9-5-11-31-20/h2-12,16,19H,13-15H2,1H3. The number of hydrogen-bond acceptors (Lipinski definition) is 8. The Bertz CT molecular complexity index is 1220. The van der Waals surface area contributed by atoms with E-state index in [0.29, 0.717) is 17.5 Å². The minimum atomic E-state index is -0.0693. The molecule has 33 heavy (non-hydrogen) atoms. The lowest BCUT2D eigenvalue weighted by Crippen LogP contribution is -2.28. The van der Waals surface area contributed by atoms with Crippen LogP contribution in [0, 0.1) is 0 Å². The van der Waals surface area contributed by atoms with Crippen molar-refractivity contribution in [3.05, 3.63) is 86.6 Å². The number of thioether (sulfide) groups is 1. The maximum Gasteiger partial charge on any atom is 0.277 e. The summed E-state index contributed by atoms with van der Waals surface area (Å²) in [6.45, 7) is 2.14. The van der Waals surface area contributed by atoms with E-state index in [1.54, 1.807) is 27.7 Å². The molecule has 2 atom stereocenters. The number of thiophene rings is 2. The summed E-state index contributed by atoms with van der Waals surface area (Å²) in [6, 6.07) is 18.3. The van der Waals surface area contributed by atoms with E-state index in [9.17, 15) is 4.79 Å². The van der Waals surface area contributed by atoms with Gasteiger partial charge in [-0.05, 0) is 34.4 Å². The number of hydrogen-bond donors (Lipinski definition) is 0. The van der Waals surface area contributed by atoms with Crippen LogP contribution in [0.3, 0.4) is 0 Å². The van der Waals surface area contributed by atoms with Crippen molar-refractivity contribution >= 4 is 46.1 Å². The number of hydrazone groups is 1. The number of nitrogens with zero attached hydrogens (tertiary/aromatic N) is 4. The molecule has 0 saturated carbocycles. The lowest BCUT2D eigenvalue weighted by atomic mass is 9.98. The maximum atomic E-state index is 13.1. The number of carbonyl (C=O) groups excluding carboxylic acids is 1. The Balaban J connectivity index is 1.23. The fourth-order valence-electron chi connectivity index (χ4n) is 3.76. The van der Waals surface area contributed by atoms with Crippen LogP contribution in [-0.4, -0.2) is 32.6 Å². The molecule has 5 rings (SSSR count). The van der Waals surface area contributed by atoms with E-state index in [1.807, 2.05) is 47.2 Å². The van der Waals surface area contributed by atoms with Crippen molar-refractivity contribution in [3.8, 4) is 0 Å². The second kappa shape index (κ2) is 10.0. The zero-order valence-electron chi connectivity index (χ0n) is 18.0. The van der Waals surface area contributed by atoms with Crippen molar-refractivity contribution in [3.63, 3.8) is 0 Å². The molecule has 0 spiro atoms. The normalized spacial score (nSPS) is 16.7. The molecule has 6 nitrogen and oxygen atoms in total. The highest BCUT2D eigenvalue weighted by atomic mass is 32.2. The Kier molecular flexibility index (Phi) is 6.70. The SMILES string of the molecule is CC(Cc1nnc(SCC(=O)N2N=C(c3cccs3)CC2c2cccs2)o1)c1ccccc1. The van der Waals surface area contributed by atoms with Gasteiger partial charge in [0.2, 0.25) is 5.89 Å². The van der Waals surface area contributed by atoms with Crippen molar-refractivity contribution in [2.45, 2.75) is 36.9 Å². The summed E-state index contributed by atoms with van der Waals surface area (Å²) in [7, 11) is 0. The highest BCUT2D eigenvalue weighted by molar-refractivity contribution is 7.99. The molecule has 4 aromatic rings. The van der Waals surface area contributed by atoms with Gasteiger partial charge in [0.15, 0.2) is 0 Å². The summed E-state index contributed by atoms with van der Waals surface area (Å²) in [6.07, 6.45) is 1.38. The van der Waals surface area contributed by atoms with Gasteiger partial charge in [-0.25, -0.2) is 5.01 Å². The highest BCUT2D eigenvalue weighted by Gasteiger charge is 2.34. The zero-order valence-corrected chi connectivity index (χ0v) is 20.4. The molecule has 9 heteroatoms. The fraction of sp³-hybridized carbons (Fsp3) is 0.250. The van der Waals surface area contributed by atoms with Crippen LogP contribution in [-0.2, 0) is 11.2 Å². The predicted octanol–water partition coefficient (Wildman–Crippen LogP) is 6.01. The molecule has 4 heterocycles. The van der Waals surface area contributed by atoms with Gasteiger partial charge in [0, 0.05) is 17.7 Å². The summed E-state index contributed by atoms with van der Waals surface area (Å²) >= 11 is 4.56. The lowest BCUT2D eigenvalue weighted by Gasteiger charge is -2.20. The number of rotatable bonds is 8. The molecule has 3 aromatic heterocycles. The molecule has 0 radical (unpaired) electrons. The molecule has 1 amide bonds. The number of amides is 1. The lowest BCUT2D eigenvalue weighted by molar-refractivity contribution is -0.130. The van der Waals surface area contributed by atoms with Crippen molar-refractivity contribution in [2.75, 3.05) is 5.75 Å². The predicted molar refractivity (Wildman–Crippen MR) is 133 cm³/mol. The summed E-state index contributed by atoms with van der Waals surface area (Å²) in [4.78, 5) is 15.4. The largest absolute Gasteiger partial charge is 0.416 e. The minimum Gasteiger partial charge on any atom is -0.416 e. The van der Waals surface area contributed by atoms with Crippen LogP contribution in [0.1, 0.15) is 46.5 Å². The molecule has 1 aliphatic rings. The van der Waals surface area contributed by atoms with E-state index in [-0.39, 0.29) is 23.6 Å². The quantitative estimate of drug-likeness (QED) is 0.281. The number of aromatic nitrogens is 2. The van der Waals surface area contributed by atoms with Crippen LogP contribution in [0.5, 0.6) is 0 Å². The Morgan fingerprint density at radius 1 is 1.12 bits per heavy atom. The van der Waals surface area contributed by atoms with Gasteiger partial charge in [0.05, 0.1) is 22.4 Å². The Labute approximate surface area is 204 Å². The first-order chi connectivity index (χ1) is 16.2. The van der Waals surface area contributed by atoms with Gasteiger partial charge in [-0.3, -0.25) is 4.79 Å². The van der Waals surface area contributed by atoms with E-state index in [2.05, 4.69) is 35.3 Å². The molecule has 1 aromatic carbocycles. The van der Waals surface area contributed by atoms with Gasteiger partial charge in [0.1, 0.15) is 0 Å². The number of benzene rings is 1. The van der Waals surface area contributed by atoms with Crippen molar-refractivity contribution < 1.29 is 9.21 Å². The molecule has 2 unspecified atom stereocenters. The van der Waals surface area contributed by atoms with E-state index < -0.39 is 0 Å². The molecule has 168 valence electrons. The second-order valence-electron chi connectivity index (χ2n) is 7.76. The van der Waals surface area contributed by atoms with Crippen LogP contribution in [0.25, 0.3) is 0 Å². The van der Waals surface area contributed by atoms with Gasteiger partial charge >= 0.3 is 0 Å². The average Bonchev–Trinajstić information content (AvgIpc) is 3.63. The van der Waals surface area contributed by atoms with Gasteiger partial charge in [-0.1, -0.05) is 61.2 Å². The third kappa shape index (κ3) is 5.10. The van der Waals surface area contributed by atoms with Gasteiger partial charge in [-0.15, -0.1) is 32.9 Å². The molecule has 0 N–H and O–H groups in total. The topological polar surface area (TPSA) is 71.6 Å². The Morgan fingerprint density at radius 3 is 2.70 bits per heavy atom.